The molecule has 106 valence electrons. The lowest BCUT2D eigenvalue weighted by Gasteiger charge is -2.14. The van der Waals surface area contributed by atoms with E-state index in [2.05, 4.69) is 5.10 Å². The van der Waals surface area contributed by atoms with Gasteiger partial charge < -0.3 is 0 Å². The van der Waals surface area contributed by atoms with Crippen LogP contribution in [0.15, 0.2) is 30.5 Å². The average molecular weight is 286 g/mol. The van der Waals surface area contributed by atoms with Crippen molar-refractivity contribution in [2.75, 3.05) is 4.90 Å². The molecule has 1 aliphatic rings. The smallest absolute Gasteiger partial charge is 0.299 e. The summed E-state index contributed by atoms with van der Waals surface area (Å²) in [5, 5.41) is 14.9. The summed E-state index contributed by atoms with van der Waals surface area (Å²) in [6, 6.07) is 5.56. The summed E-state index contributed by atoms with van der Waals surface area (Å²) in [6.07, 6.45) is 1.73. The van der Waals surface area contributed by atoms with E-state index < -0.39 is 16.6 Å². The summed E-state index contributed by atoms with van der Waals surface area (Å²) in [6.45, 7) is 0.149. The molecular weight excluding hydrogens is 276 g/mol. The maximum atomic E-state index is 12.0. The van der Waals surface area contributed by atoms with E-state index >= 15 is 0 Å². The summed E-state index contributed by atoms with van der Waals surface area (Å²) < 4.78 is 1.59. The molecule has 0 aliphatic carbocycles. The number of non-ortho nitro benzene ring substituents is 1. The van der Waals surface area contributed by atoms with E-state index in [0.717, 1.165) is 6.07 Å². The molecular formula is C13H10N4O4. The SMILES string of the molecule is Cn1ccc(CN2C(=O)C(=O)c3cc([N+](=O)[O-])ccc32)n1. The Balaban J connectivity index is 2.00. The quantitative estimate of drug-likeness (QED) is 0.477. The van der Waals surface area contributed by atoms with Crippen LogP contribution in [0.3, 0.4) is 0 Å². The van der Waals surface area contributed by atoms with Gasteiger partial charge in [0.05, 0.1) is 28.4 Å². The predicted octanol–water partition coefficient (Wildman–Crippen LogP) is 1.06. The molecule has 3 rings (SSSR count). The van der Waals surface area contributed by atoms with Crippen molar-refractivity contribution >= 4 is 23.1 Å². The first-order valence-corrected chi connectivity index (χ1v) is 6.10. The number of benzene rings is 1. The second-order valence-electron chi connectivity index (χ2n) is 4.66. The number of nitro groups is 1. The minimum absolute atomic E-state index is 0.0603. The van der Waals surface area contributed by atoms with Crippen molar-refractivity contribution in [1.29, 1.82) is 0 Å². The molecule has 1 amide bonds. The van der Waals surface area contributed by atoms with Gasteiger partial charge in [0.15, 0.2) is 0 Å². The van der Waals surface area contributed by atoms with E-state index in [-0.39, 0.29) is 17.8 Å². The molecule has 0 saturated heterocycles. The predicted molar refractivity (Wildman–Crippen MR) is 71.8 cm³/mol. The standard InChI is InChI=1S/C13H10N4O4/c1-15-5-4-8(14-15)7-16-11-3-2-9(17(20)21)6-10(11)12(18)13(16)19/h2-6H,7H2,1H3. The first-order chi connectivity index (χ1) is 9.97. The molecule has 8 nitrogen and oxygen atoms in total. The number of carbonyl (C=O) groups is 2. The van der Waals surface area contributed by atoms with Gasteiger partial charge in [0.25, 0.3) is 17.4 Å². The van der Waals surface area contributed by atoms with Crippen LogP contribution in [-0.4, -0.2) is 26.4 Å². The van der Waals surface area contributed by atoms with Crippen LogP contribution in [0.25, 0.3) is 0 Å². The van der Waals surface area contributed by atoms with Gasteiger partial charge in [0.1, 0.15) is 0 Å². The number of aromatic nitrogens is 2. The van der Waals surface area contributed by atoms with Crippen molar-refractivity contribution < 1.29 is 14.5 Å². The van der Waals surface area contributed by atoms with Crippen molar-refractivity contribution in [2.45, 2.75) is 6.54 Å². The molecule has 21 heavy (non-hydrogen) atoms. The number of aryl methyl sites for hydroxylation is 1. The normalized spacial score (nSPS) is 13.7. The van der Waals surface area contributed by atoms with Crippen LogP contribution in [0.5, 0.6) is 0 Å². The van der Waals surface area contributed by atoms with E-state index in [9.17, 15) is 19.7 Å². The molecule has 8 heteroatoms. The maximum absolute atomic E-state index is 12.0. The number of nitrogens with zero attached hydrogens (tertiary/aromatic N) is 4. The highest BCUT2D eigenvalue weighted by Crippen LogP contribution is 2.32. The number of nitro benzene ring substituents is 1. The molecule has 1 aliphatic heterocycles. The molecule has 1 aromatic carbocycles. The van der Waals surface area contributed by atoms with Crippen LogP contribution in [0, 0.1) is 10.1 Å². The molecule has 0 saturated carbocycles. The Morgan fingerprint density at radius 1 is 1.29 bits per heavy atom. The fraction of sp³-hybridized carbons (Fsp3) is 0.154. The van der Waals surface area contributed by atoms with Crippen molar-refractivity contribution in [3.63, 3.8) is 0 Å². The minimum Gasteiger partial charge on any atom is -0.299 e. The highest BCUT2D eigenvalue weighted by atomic mass is 16.6. The van der Waals surface area contributed by atoms with Crippen LogP contribution in [0.1, 0.15) is 16.1 Å². The van der Waals surface area contributed by atoms with Gasteiger partial charge in [-0.15, -0.1) is 0 Å². The van der Waals surface area contributed by atoms with Crippen molar-refractivity contribution in [3.05, 3.63) is 51.8 Å². The highest BCUT2D eigenvalue weighted by Gasteiger charge is 2.37. The Kier molecular flexibility index (Phi) is 2.79. The van der Waals surface area contributed by atoms with E-state index in [1.807, 2.05) is 0 Å². The topological polar surface area (TPSA) is 98.3 Å². The van der Waals surface area contributed by atoms with Gasteiger partial charge in [-0.3, -0.25) is 29.3 Å². The van der Waals surface area contributed by atoms with Crippen molar-refractivity contribution in [2.24, 2.45) is 7.05 Å². The number of hydrogen-bond donors (Lipinski definition) is 0. The van der Waals surface area contributed by atoms with Crippen LogP contribution >= 0.6 is 0 Å². The number of amides is 1. The largest absolute Gasteiger partial charge is 0.299 e. The Bertz CT molecular complexity index is 780. The maximum Gasteiger partial charge on any atom is 0.299 e. The van der Waals surface area contributed by atoms with Crippen molar-refractivity contribution in [1.82, 2.24) is 9.78 Å². The van der Waals surface area contributed by atoms with Crippen molar-refractivity contribution in [3.8, 4) is 0 Å². The summed E-state index contributed by atoms with van der Waals surface area (Å²) in [7, 11) is 1.75. The van der Waals surface area contributed by atoms with Crippen LogP contribution in [-0.2, 0) is 18.4 Å². The third-order valence-electron chi connectivity index (χ3n) is 3.25. The Labute approximate surface area is 118 Å². The van der Waals surface area contributed by atoms with E-state index in [0.29, 0.717) is 11.4 Å². The van der Waals surface area contributed by atoms with Gasteiger partial charge >= 0.3 is 0 Å². The number of Topliss-reactive ketones (excluding diaryl/α,β-unsaturated/α-hetero) is 1. The van der Waals surface area contributed by atoms with Gasteiger partial charge in [-0.1, -0.05) is 0 Å². The van der Waals surface area contributed by atoms with Gasteiger partial charge in [0, 0.05) is 25.4 Å². The lowest BCUT2D eigenvalue weighted by atomic mass is 10.1. The van der Waals surface area contributed by atoms with Crippen LogP contribution < -0.4 is 4.90 Å². The third kappa shape index (κ3) is 2.06. The van der Waals surface area contributed by atoms with E-state index in [1.165, 1.54) is 17.0 Å². The number of ketones is 1. The fourth-order valence-electron chi connectivity index (χ4n) is 2.27. The molecule has 2 aromatic rings. The second-order valence-corrected chi connectivity index (χ2v) is 4.66. The zero-order chi connectivity index (χ0) is 15.1. The van der Waals surface area contributed by atoms with E-state index in [1.54, 1.807) is 24.0 Å². The number of fused-ring (bicyclic) bond motifs is 1. The second kappa shape index (κ2) is 4.51. The molecule has 0 atom stereocenters. The number of carbonyl (C=O) groups excluding carboxylic acids is 2. The Morgan fingerprint density at radius 3 is 2.67 bits per heavy atom. The Hall–Kier alpha value is -3.03. The monoisotopic (exact) mass is 286 g/mol. The number of hydrogen-bond acceptors (Lipinski definition) is 5. The highest BCUT2D eigenvalue weighted by molar-refractivity contribution is 6.52. The summed E-state index contributed by atoms with van der Waals surface area (Å²) >= 11 is 0. The van der Waals surface area contributed by atoms with Crippen LogP contribution in [0.4, 0.5) is 11.4 Å². The lowest BCUT2D eigenvalue weighted by molar-refractivity contribution is -0.384. The average Bonchev–Trinajstić information content (AvgIpc) is 2.96. The summed E-state index contributed by atoms with van der Waals surface area (Å²) in [4.78, 5) is 35.4. The van der Waals surface area contributed by atoms with Gasteiger partial charge in [-0.2, -0.15) is 5.10 Å². The molecule has 1 aromatic heterocycles. The van der Waals surface area contributed by atoms with E-state index in [4.69, 9.17) is 0 Å². The molecule has 0 fully saturated rings. The number of anilines is 1. The Morgan fingerprint density at radius 2 is 2.05 bits per heavy atom. The van der Waals surface area contributed by atoms with Gasteiger partial charge in [-0.25, -0.2) is 0 Å². The van der Waals surface area contributed by atoms with Gasteiger partial charge in [0.2, 0.25) is 0 Å². The zero-order valence-electron chi connectivity index (χ0n) is 11.0. The number of rotatable bonds is 3. The molecule has 2 heterocycles. The third-order valence-corrected chi connectivity index (χ3v) is 3.25. The summed E-state index contributed by atoms with van der Waals surface area (Å²) in [5.41, 5.74) is 0.853. The zero-order valence-corrected chi connectivity index (χ0v) is 11.0. The lowest BCUT2D eigenvalue weighted by Crippen LogP contribution is -2.29. The minimum atomic E-state index is -0.732. The molecule has 0 unspecified atom stereocenters. The molecule has 0 spiro atoms. The first kappa shape index (κ1) is 13.0. The molecule has 0 bridgehead atoms. The fourth-order valence-corrected chi connectivity index (χ4v) is 2.27. The molecule has 0 radical (unpaired) electrons. The first-order valence-electron chi connectivity index (χ1n) is 6.10. The molecule has 0 N–H and O–H groups in total. The van der Waals surface area contributed by atoms with Gasteiger partial charge in [-0.05, 0) is 12.1 Å². The summed E-state index contributed by atoms with van der Waals surface area (Å²) in [5.74, 6) is -1.43. The van der Waals surface area contributed by atoms with Crippen LogP contribution in [0.2, 0.25) is 0 Å².